The normalized spacial score (nSPS) is 13.5. The Morgan fingerprint density at radius 3 is 2.50 bits per heavy atom. The first kappa shape index (κ1) is 18.7. The van der Waals surface area contributed by atoms with Crippen LogP contribution >= 0.6 is 15.9 Å². The third-order valence-electron chi connectivity index (χ3n) is 3.18. The van der Waals surface area contributed by atoms with Gasteiger partial charge in [0.05, 0.1) is 5.56 Å². The Balaban J connectivity index is 2.72. The summed E-state index contributed by atoms with van der Waals surface area (Å²) in [5.41, 5.74) is 1.21. The van der Waals surface area contributed by atoms with Crippen LogP contribution in [0.15, 0.2) is 51.3 Å². The van der Waals surface area contributed by atoms with Gasteiger partial charge in [-0.05, 0) is 39.0 Å². The van der Waals surface area contributed by atoms with Crippen LogP contribution in [0.4, 0.5) is 4.39 Å². The average molecular weight is 407 g/mol. The van der Waals surface area contributed by atoms with Gasteiger partial charge in [0.25, 0.3) is 0 Å². The first-order chi connectivity index (χ1) is 11.2. The molecule has 0 aliphatic carbocycles. The molecule has 0 saturated heterocycles. The molecule has 124 valence electrons. The van der Waals surface area contributed by atoms with Crippen LogP contribution in [0.5, 0.6) is 0 Å². The van der Waals surface area contributed by atoms with Crippen molar-refractivity contribution in [2.75, 3.05) is 0 Å². The van der Waals surface area contributed by atoms with Crippen molar-refractivity contribution in [3.05, 3.63) is 69.4 Å². The average Bonchev–Trinajstić information content (AvgIpc) is 2.51. The molecule has 0 unspecified atom stereocenters. The molecule has 2 aromatic rings. The van der Waals surface area contributed by atoms with Crippen molar-refractivity contribution in [3.8, 4) is 6.07 Å². The predicted octanol–water partition coefficient (Wildman–Crippen LogP) is 4.76. The van der Waals surface area contributed by atoms with Crippen LogP contribution in [0.3, 0.4) is 0 Å². The fourth-order valence-corrected chi connectivity index (χ4v) is 2.99. The van der Waals surface area contributed by atoms with Gasteiger partial charge in [0, 0.05) is 15.6 Å². The van der Waals surface area contributed by atoms with Crippen molar-refractivity contribution >= 4 is 33.0 Å². The first-order valence-corrected chi connectivity index (χ1v) is 9.09. The Bertz CT molecular complexity index is 824. The van der Waals surface area contributed by atoms with E-state index in [4.69, 9.17) is 0 Å². The van der Waals surface area contributed by atoms with Crippen LogP contribution < -0.4 is 0 Å². The molecular formula is C18H16BrFN2OS. The SMILES string of the molecule is CC(C)(C)[S@+]([O-])N=C(c1cccc(Br)c1)c1cccc(F)c1C#N. The monoisotopic (exact) mass is 406 g/mol. The van der Waals surface area contributed by atoms with Gasteiger partial charge in [-0.15, -0.1) is 0 Å². The zero-order valence-electron chi connectivity index (χ0n) is 13.5. The van der Waals surface area contributed by atoms with Gasteiger partial charge >= 0.3 is 0 Å². The van der Waals surface area contributed by atoms with Gasteiger partial charge in [-0.1, -0.05) is 44.6 Å². The van der Waals surface area contributed by atoms with Crippen LogP contribution in [0.2, 0.25) is 0 Å². The highest BCUT2D eigenvalue weighted by Crippen LogP contribution is 2.24. The minimum atomic E-state index is -1.55. The summed E-state index contributed by atoms with van der Waals surface area (Å²) in [5, 5.41) is 9.31. The lowest BCUT2D eigenvalue weighted by Crippen LogP contribution is -2.27. The van der Waals surface area contributed by atoms with Crippen LogP contribution in [-0.4, -0.2) is 15.0 Å². The van der Waals surface area contributed by atoms with Crippen molar-refractivity contribution in [2.24, 2.45) is 4.40 Å². The summed E-state index contributed by atoms with van der Waals surface area (Å²) in [6.45, 7) is 5.42. The Morgan fingerprint density at radius 1 is 1.25 bits per heavy atom. The molecule has 0 N–H and O–H groups in total. The molecule has 6 heteroatoms. The Kier molecular flexibility index (Phi) is 5.81. The van der Waals surface area contributed by atoms with Crippen LogP contribution in [0, 0.1) is 17.1 Å². The molecule has 2 rings (SSSR count). The molecule has 1 atom stereocenters. The van der Waals surface area contributed by atoms with Gasteiger partial charge in [-0.3, -0.25) is 0 Å². The van der Waals surface area contributed by atoms with E-state index in [1.165, 1.54) is 12.1 Å². The molecule has 0 aromatic heterocycles. The van der Waals surface area contributed by atoms with E-state index < -0.39 is 21.9 Å². The largest absolute Gasteiger partial charge is 0.591 e. The van der Waals surface area contributed by atoms with E-state index in [0.717, 1.165) is 4.47 Å². The van der Waals surface area contributed by atoms with Crippen LogP contribution in [0.25, 0.3) is 0 Å². The van der Waals surface area contributed by atoms with E-state index in [1.54, 1.807) is 24.3 Å². The molecule has 0 aliphatic rings. The highest BCUT2D eigenvalue weighted by atomic mass is 79.9. The molecular weight excluding hydrogens is 391 g/mol. The number of benzene rings is 2. The summed E-state index contributed by atoms with van der Waals surface area (Å²) in [6, 6.07) is 13.5. The van der Waals surface area contributed by atoms with Crippen molar-refractivity contribution in [3.63, 3.8) is 0 Å². The molecule has 24 heavy (non-hydrogen) atoms. The van der Waals surface area contributed by atoms with E-state index in [-0.39, 0.29) is 5.56 Å². The van der Waals surface area contributed by atoms with E-state index in [1.807, 2.05) is 32.9 Å². The third-order valence-corrected chi connectivity index (χ3v) is 5.07. The van der Waals surface area contributed by atoms with Gasteiger partial charge in [0.15, 0.2) is 0 Å². The number of halogens is 2. The van der Waals surface area contributed by atoms with E-state index in [2.05, 4.69) is 20.3 Å². The minimum absolute atomic E-state index is 0.109. The third kappa shape index (κ3) is 4.23. The molecule has 3 nitrogen and oxygen atoms in total. The van der Waals surface area contributed by atoms with Gasteiger partial charge in [0.1, 0.15) is 33.7 Å². The maximum Gasteiger partial charge on any atom is 0.144 e. The molecule has 0 amide bonds. The highest BCUT2D eigenvalue weighted by molar-refractivity contribution is 9.10. The Morgan fingerprint density at radius 2 is 1.92 bits per heavy atom. The van der Waals surface area contributed by atoms with Crippen molar-refractivity contribution in [1.29, 1.82) is 5.26 Å². The van der Waals surface area contributed by atoms with Crippen LogP contribution in [-0.2, 0) is 11.4 Å². The summed E-state index contributed by atoms with van der Waals surface area (Å²) in [4.78, 5) is 0. The fraction of sp³-hybridized carbons (Fsp3) is 0.222. The molecule has 2 aromatic carbocycles. The molecule has 0 fully saturated rings. The number of nitrogens with zero attached hydrogens (tertiary/aromatic N) is 2. The number of hydrogen-bond acceptors (Lipinski definition) is 3. The summed E-state index contributed by atoms with van der Waals surface area (Å²) in [5.74, 6) is -0.626. The van der Waals surface area contributed by atoms with Gasteiger partial charge in [0.2, 0.25) is 0 Å². The maximum absolute atomic E-state index is 14.0. The predicted molar refractivity (Wildman–Crippen MR) is 98.8 cm³/mol. The van der Waals surface area contributed by atoms with E-state index in [0.29, 0.717) is 16.8 Å². The number of rotatable bonds is 3. The lowest BCUT2D eigenvalue weighted by molar-refractivity contribution is 0.561. The van der Waals surface area contributed by atoms with Crippen molar-refractivity contribution in [1.82, 2.24) is 0 Å². The summed E-state index contributed by atoms with van der Waals surface area (Å²) in [7, 11) is 0. The summed E-state index contributed by atoms with van der Waals surface area (Å²) in [6.07, 6.45) is 0. The molecule has 0 aliphatic heterocycles. The molecule has 0 spiro atoms. The van der Waals surface area contributed by atoms with E-state index >= 15 is 0 Å². The van der Waals surface area contributed by atoms with Gasteiger partial charge in [-0.2, -0.15) is 5.26 Å². The van der Waals surface area contributed by atoms with Crippen molar-refractivity contribution in [2.45, 2.75) is 25.5 Å². The maximum atomic E-state index is 14.0. The summed E-state index contributed by atoms with van der Waals surface area (Å²) >= 11 is 1.84. The second kappa shape index (κ2) is 7.47. The van der Waals surface area contributed by atoms with Gasteiger partial charge < -0.3 is 4.55 Å². The van der Waals surface area contributed by atoms with Crippen molar-refractivity contribution < 1.29 is 8.94 Å². The molecule has 0 bridgehead atoms. The Labute approximate surface area is 152 Å². The quantitative estimate of drug-likeness (QED) is 0.544. The second-order valence-corrected chi connectivity index (χ2v) is 8.91. The first-order valence-electron chi connectivity index (χ1n) is 7.19. The smallest absolute Gasteiger partial charge is 0.144 e. The lowest BCUT2D eigenvalue weighted by atomic mass is 9.98. The van der Waals surface area contributed by atoms with E-state index in [9.17, 15) is 14.2 Å². The summed E-state index contributed by atoms with van der Waals surface area (Å²) < 4.78 is 31.1. The second-order valence-electron chi connectivity index (χ2n) is 6.09. The number of hydrogen-bond donors (Lipinski definition) is 0. The zero-order valence-corrected chi connectivity index (χ0v) is 15.9. The molecule has 0 heterocycles. The topological polar surface area (TPSA) is 59.2 Å². The lowest BCUT2D eigenvalue weighted by Gasteiger charge is -2.20. The zero-order chi connectivity index (χ0) is 17.9. The van der Waals surface area contributed by atoms with Crippen LogP contribution in [0.1, 0.15) is 37.5 Å². The standard InChI is InChI=1S/C18H16BrFN2OS/c1-18(2,3)24(23)22-17(12-6-4-7-13(19)10-12)14-8-5-9-16(20)15(14)11-21/h4-10H,1-3H3/t24-/m0/s1. The highest BCUT2D eigenvalue weighted by Gasteiger charge is 2.28. The number of nitriles is 1. The van der Waals surface area contributed by atoms with Gasteiger partial charge in [-0.25, -0.2) is 4.39 Å². The minimum Gasteiger partial charge on any atom is -0.591 e. The Hall–Kier alpha value is -1.68. The molecule has 0 saturated carbocycles. The fourth-order valence-electron chi connectivity index (χ4n) is 1.95. The molecule has 0 radical (unpaired) electrons.